The number of imide groups is 1. The van der Waals surface area contributed by atoms with E-state index in [4.69, 9.17) is 4.74 Å². The minimum absolute atomic E-state index is 0.0114. The van der Waals surface area contributed by atoms with Gasteiger partial charge in [0.1, 0.15) is 17.4 Å². The van der Waals surface area contributed by atoms with E-state index in [0.29, 0.717) is 17.0 Å². The molecule has 0 aromatic heterocycles. The quantitative estimate of drug-likeness (QED) is 0.384. The third-order valence-corrected chi connectivity index (χ3v) is 6.27. The van der Waals surface area contributed by atoms with Crippen molar-refractivity contribution >= 4 is 39.7 Å². The smallest absolute Gasteiger partial charge is 0.344 e. The number of benzene rings is 1. The maximum Gasteiger partial charge on any atom is 0.344 e. The molecule has 12 nitrogen and oxygen atoms in total. The van der Waals surface area contributed by atoms with Crippen molar-refractivity contribution in [3.8, 4) is 0 Å². The Morgan fingerprint density at radius 3 is 2.61 bits per heavy atom. The molecular formula is C18H21N5O7S. The molecule has 166 valence electrons. The van der Waals surface area contributed by atoms with Crippen molar-refractivity contribution in [2.45, 2.75) is 43.7 Å². The number of esters is 1. The minimum atomic E-state index is -3.76. The first-order valence-electron chi connectivity index (χ1n) is 9.31. The van der Waals surface area contributed by atoms with Crippen molar-refractivity contribution in [1.29, 1.82) is 0 Å². The molecule has 31 heavy (non-hydrogen) atoms. The molecule has 0 saturated carbocycles. The average molecular weight is 451 g/mol. The maximum absolute atomic E-state index is 12.2. The molecule has 13 heteroatoms. The van der Waals surface area contributed by atoms with Crippen molar-refractivity contribution < 1.29 is 32.3 Å². The number of fused-ring (bicyclic) bond motifs is 1. The number of amidine groups is 1. The molecule has 2 heterocycles. The van der Waals surface area contributed by atoms with Gasteiger partial charge in [0.25, 0.3) is 21.8 Å². The zero-order chi connectivity index (χ0) is 23.0. The standard InChI is InChI=1S/C18H21N5O7S/c1-4-18(3)16(26)23(17(27)20-18)21-13(24)9-30-15(25)10(2)19-14-11-7-5-6-8-12(11)31(28,29)22-14/h5-8,10H,4,9H2,1-3H3,(H,19,22)(H,20,27)(H,21,24)/t10-,18?/m0/s1. The molecule has 4 amide bonds. The number of nitrogens with one attached hydrogen (secondary N) is 3. The third kappa shape index (κ3) is 4.21. The number of nitrogens with zero attached hydrogens (tertiary/aromatic N) is 2. The van der Waals surface area contributed by atoms with Crippen molar-refractivity contribution in [2.75, 3.05) is 6.61 Å². The Morgan fingerprint density at radius 2 is 1.97 bits per heavy atom. The molecule has 0 bridgehead atoms. The summed E-state index contributed by atoms with van der Waals surface area (Å²) in [6.07, 6.45) is 0.323. The second-order valence-corrected chi connectivity index (χ2v) is 8.81. The van der Waals surface area contributed by atoms with Gasteiger partial charge in [-0.25, -0.2) is 18.0 Å². The highest BCUT2D eigenvalue weighted by atomic mass is 32.2. The second kappa shape index (κ2) is 7.98. The van der Waals surface area contributed by atoms with E-state index in [1.807, 2.05) is 0 Å². The van der Waals surface area contributed by atoms with Crippen LogP contribution in [-0.2, 0) is 29.1 Å². The van der Waals surface area contributed by atoms with Gasteiger partial charge >= 0.3 is 12.0 Å². The first-order valence-corrected chi connectivity index (χ1v) is 10.8. The number of aliphatic imine (C=N–C) groups is 1. The van der Waals surface area contributed by atoms with Gasteiger partial charge in [0.15, 0.2) is 6.61 Å². The van der Waals surface area contributed by atoms with Gasteiger partial charge in [0.2, 0.25) is 0 Å². The van der Waals surface area contributed by atoms with Gasteiger partial charge in [-0.1, -0.05) is 19.1 Å². The lowest BCUT2D eigenvalue weighted by Crippen LogP contribution is -2.49. The van der Waals surface area contributed by atoms with E-state index in [1.165, 1.54) is 19.9 Å². The number of amides is 4. The summed E-state index contributed by atoms with van der Waals surface area (Å²) in [5.74, 6) is -2.44. The van der Waals surface area contributed by atoms with E-state index < -0.39 is 52.0 Å². The maximum atomic E-state index is 12.2. The van der Waals surface area contributed by atoms with Crippen LogP contribution in [0.25, 0.3) is 0 Å². The SMILES string of the molecule is CCC1(C)NC(=O)N(NC(=O)COC(=O)[C@H](C)N=C2NS(=O)(=O)c3ccccc32)C1=O. The van der Waals surface area contributed by atoms with Crippen LogP contribution in [0.15, 0.2) is 34.2 Å². The summed E-state index contributed by atoms with van der Waals surface area (Å²) in [6.45, 7) is 3.83. The summed E-state index contributed by atoms with van der Waals surface area (Å²) in [5, 5.41) is 3.00. The van der Waals surface area contributed by atoms with Gasteiger partial charge < -0.3 is 10.1 Å². The Bertz CT molecular complexity index is 1100. The number of urea groups is 1. The Labute approximate surface area is 178 Å². The number of hydrogen-bond acceptors (Lipinski definition) is 8. The van der Waals surface area contributed by atoms with Crippen LogP contribution >= 0.6 is 0 Å². The van der Waals surface area contributed by atoms with Crippen LogP contribution in [0.5, 0.6) is 0 Å². The van der Waals surface area contributed by atoms with Crippen LogP contribution in [0.2, 0.25) is 0 Å². The van der Waals surface area contributed by atoms with E-state index >= 15 is 0 Å². The van der Waals surface area contributed by atoms with Gasteiger partial charge in [-0.15, -0.1) is 0 Å². The topological polar surface area (TPSA) is 163 Å². The predicted octanol–water partition coefficient (Wildman–Crippen LogP) is -0.591. The zero-order valence-corrected chi connectivity index (χ0v) is 17.8. The van der Waals surface area contributed by atoms with E-state index in [-0.39, 0.29) is 10.7 Å². The van der Waals surface area contributed by atoms with Crippen molar-refractivity contribution in [1.82, 2.24) is 20.5 Å². The van der Waals surface area contributed by atoms with Crippen molar-refractivity contribution in [3.05, 3.63) is 29.8 Å². The number of ether oxygens (including phenoxy) is 1. The van der Waals surface area contributed by atoms with E-state index in [1.54, 1.807) is 25.1 Å². The van der Waals surface area contributed by atoms with Crippen molar-refractivity contribution in [2.24, 2.45) is 4.99 Å². The molecule has 0 radical (unpaired) electrons. The lowest BCUT2D eigenvalue weighted by Gasteiger charge is -2.19. The van der Waals surface area contributed by atoms with Crippen molar-refractivity contribution in [3.63, 3.8) is 0 Å². The Balaban J connectivity index is 1.59. The summed E-state index contributed by atoms with van der Waals surface area (Å²) < 4.78 is 31.3. The fourth-order valence-electron chi connectivity index (χ4n) is 2.92. The van der Waals surface area contributed by atoms with Gasteiger partial charge in [-0.3, -0.25) is 24.7 Å². The number of hydrazine groups is 1. The van der Waals surface area contributed by atoms with Gasteiger partial charge in [0, 0.05) is 5.56 Å². The summed E-state index contributed by atoms with van der Waals surface area (Å²) in [5.41, 5.74) is 1.28. The molecule has 0 aliphatic carbocycles. The van der Waals surface area contributed by atoms with E-state index in [2.05, 4.69) is 20.5 Å². The molecule has 2 aliphatic rings. The summed E-state index contributed by atoms with van der Waals surface area (Å²) in [4.78, 5) is 52.4. The minimum Gasteiger partial charge on any atom is -0.454 e. The van der Waals surface area contributed by atoms with Crippen LogP contribution < -0.4 is 15.5 Å². The largest absolute Gasteiger partial charge is 0.454 e. The van der Waals surface area contributed by atoms with E-state index in [0.717, 1.165) is 0 Å². The molecule has 3 N–H and O–H groups in total. The molecule has 1 aromatic carbocycles. The fourth-order valence-corrected chi connectivity index (χ4v) is 4.15. The zero-order valence-electron chi connectivity index (χ0n) is 17.0. The highest BCUT2D eigenvalue weighted by Gasteiger charge is 2.47. The molecule has 1 aromatic rings. The van der Waals surface area contributed by atoms with Gasteiger partial charge in [0.05, 0.1) is 4.90 Å². The number of hydrogen-bond donors (Lipinski definition) is 3. The Hall–Kier alpha value is -3.48. The number of rotatable bonds is 6. The first-order chi connectivity index (χ1) is 14.5. The number of carbonyl (C=O) groups is 4. The average Bonchev–Trinajstić information content (AvgIpc) is 3.11. The summed E-state index contributed by atoms with van der Waals surface area (Å²) in [6, 6.07) is 4.22. The molecule has 1 unspecified atom stereocenters. The van der Waals surface area contributed by atoms with Crippen LogP contribution in [0.1, 0.15) is 32.8 Å². The molecule has 2 atom stereocenters. The predicted molar refractivity (Wildman–Crippen MR) is 106 cm³/mol. The van der Waals surface area contributed by atoms with Crippen LogP contribution in [0.3, 0.4) is 0 Å². The first kappa shape index (κ1) is 22.2. The fraction of sp³-hybridized carbons (Fsp3) is 0.389. The van der Waals surface area contributed by atoms with E-state index in [9.17, 15) is 27.6 Å². The lowest BCUT2D eigenvalue weighted by molar-refractivity contribution is -0.151. The molecule has 1 fully saturated rings. The van der Waals surface area contributed by atoms with Crippen LogP contribution in [-0.4, -0.2) is 61.3 Å². The summed E-state index contributed by atoms with van der Waals surface area (Å²) >= 11 is 0. The normalized spacial score (nSPS) is 23.7. The molecule has 0 spiro atoms. The highest BCUT2D eigenvalue weighted by molar-refractivity contribution is 7.90. The van der Waals surface area contributed by atoms with Crippen LogP contribution in [0, 0.1) is 0 Å². The molecule has 1 saturated heterocycles. The Morgan fingerprint density at radius 1 is 1.29 bits per heavy atom. The third-order valence-electron chi connectivity index (χ3n) is 4.88. The molecular weight excluding hydrogens is 430 g/mol. The summed E-state index contributed by atoms with van der Waals surface area (Å²) in [7, 11) is -3.76. The van der Waals surface area contributed by atoms with Gasteiger partial charge in [-0.05, 0) is 32.4 Å². The van der Waals surface area contributed by atoms with Crippen LogP contribution in [0.4, 0.5) is 4.79 Å². The molecule has 3 rings (SSSR count). The monoisotopic (exact) mass is 451 g/mol. The van der Waals surface area contributed by atoms with Gasteiger partial charge in [-0.2, -0.15) is 5.01 Å². The number of carbonyl (C=O) groups excluding carboxylic acids is 4. The highest BCUT2D eigenvalue weighted by Crippen LogP contribution is 2.22. The lowest BCUT2D eigenvalue weighted by atomic mass is 10.00. The number of sulfonamides is 1. The molecule has 2 aliphatic heterocycles. The Kier molecular flexibility index (Phi) is 5.72. The second-order valence-electron chi connectivity index (χ2n) is 7.15.